The van der Waals surface area contributed by atoms with E-state index in [9.17, 15) is 4.79 Å². The highest BCUT2D eigenvalue weighted by Crippen LogP contribution is 2.20. The SMILES string of the molecule is C=CCn1c(Nc2ccc(Cl)cc2)nc(=O)c2ccccc21. The zero-order valence-electron chi connectivity index (χ0n) is 11.8. The summed E-state index contributed by atoms with van der Waals surface area (Å²) in [5, 5.41) is 4.41. The Bertz CT molecular complexity index is 885. The van der Waals surface area contributed by atoms with Gasteiger partial charge in [-0.2, -0.15) is 4.98 Å². The predicted octanol–water partition coefficient (Wildman–Crippen LogP) is 3.98. The van der Waals surface area contributed by atoms with Crippen LogP contribution in [0.1, 0.15) is 0 Å². The van der Waals surface area contributed by atoms with Crippen LogP contribution >= 0.6 is 11.6 Å². The van der Waals surface area contributed by atoms with E-state index in [4.69, 9.17) is 11.6 Å². The van der Waals surface area contributed by atoms with Gasteiger partial charge in [0.15, 0.2) is 0 Å². The molecule has 0 amide bonds. The number of hydrogen-bond acceptors (Lipinski definition) is 3. The minimum Gasteiger partial charge on any atom is -0.325 e. The lowest BCUT2D eigenvalue weighted by Gasteiger charge is -2.15. The number of rotatable bonds is 4. The molecule has 0 aliphatic carbocycles. The Morgan fingerprint density at radius 2 is 1.91 bits per heavy atom. The summed E-state index contributed by atoms with van der Waals surface area (Å²) in [5.74, 6) is 0.478. The molecule has 0 atom stereocenters. The minimum absolute atomic E-state index is 0.257. The van der Waals surface area contributed by atoms with Gasteiger partial charge < -0.3 is 9.88 Å². The van der Waals surface area contributed by atoms with E-state index in [-0.39, 0.29) is 5.56 Å². The van der Waals surface area contributed by atoms with Crippen molar-refractivity contribution < 1.29 is 0 Å². The van der Waals surface area contributed by atoms with Gasteiger partial charge in [0.05, 0.1) is 10.9 Å². The van der Waals surface area contributed by atoms with Crippen LogP contribution in [0.4, 0.5) is 11.6 Å². The van der Waals surface area contributed by atoms with Crippen LogP contribution in [0, 0.1) is 0 Å². The molecule has 0 aliphatic heterocycles. The van der Waals surface area contributed by atoms with Gasteiger partial charge >= 0.3 is 0 Å². The van der Waals surface area contributed by atoms with E-state index >= 15 is 0 Å². The average Bonchev–Trinajstić information content (AvgIpc) is 2.53. The van der Waals surface area contributed by atoms with Gasteiger partial charge in [0.2, 0.25) is 5.95 Å². The monoisotopic (exact) mass is 311 g/mol. The molecule has 3 aromatic rings. The molecule has 3 rings (SSSR count). The lowest BCUT2D eigenvalue weighted by molar-refractivity contribution is 0.834. The largest absolute Gasteiger partial charge is 0.325 e. The third-order valence-corrected chi connectivity index (χ3v) is 3.55. The second kappa shape index (κ2) is 6.03. The molecule has 1 N–H and O–H groups in total. The van der Waals surface area contributed by atoms with Crippen molar-refractivity contribution in [1.29, 1.82) is 0 Å². The van der Waals surface area contributed by atoms with E-state index in [0.29, 0.717) is 22.9 Å². The fraction of sp³-hybridized carbons (Fsp3) is 0.0588. The van der Waals surface area contributed by atoms with Crippen LogP contribution in [-0.2, 0) is 6.54 Å². The Labute approximate surface area is 132 Å². The fourth-order valence-corrected chi connectivity index (χ4v) is 2.42. The number of aromatic nitrogens is 2. The second-order valence-corrected chi connectivity index (χ2v) is 5.23. The van der Waals surface area contributed by atoms with Crippen LogP contribution in [0.25, 0.3) is 10.9 Å². The number of allylic oxidation sites excluding steroid dienone is 1. The molecule has 0 fully saturated rings. The second-order valence-electron chi connectivity index (χ2n) is 4.79. The van der Waals surface area contributed by atoms with Gasteiger partial charge in [-0.05, 0) is 36.4 Å². The van der Waals surface area contributed by atoms with Crippen LogP contribution < -0.4 is 10.9 Å². The van der Waals surface area contributed by atoms with Gasteiger partial charge in [0.1, 0.15) is 0 Å². The molecule has 2 aromatic carbocycles. The molecule has 0 unspecified atom stereocenters. The number of fused-ring (bicyclic) bond motifs is 1. The molecular formula is C17H14ClN3O. The highest BCUT2D eigenvalue weighted by atomic mass is 35.5. The van der Waals surface area contributed by atoms with Crippen molar-refractivity contribution >= 4 is 34.1 Å². The van der Waals surface area contributed by atoms with E-state index in [0.717, 1.165) is 11.2 Å². The van der Waals surface area contributed by atoms with E-state index < -0.39 is 0 Å². The van der Waals surface area contributed by atoms with Crippen LogP contribution in [0.15, 0.2) is 66.0 Å². The lowest BCUT2D eigenvalue weighted by atomic mass is 10.2. The smallest absolute Gasteiger partial charge is 0.282 e. The van der Waals surface area contributed by atoms with Crippen molar-refractivity contribution in [1.82, 2.24) is 9.55 Å². The molecule has 0 saturated carbocycles. The van der Waals surface area contributed by atoms with Gasteiger partial charge in [-0.3, -0.25) is 4.79 Å². The first-order valence-electron chi connectivity index (χ1n) is 6.82. The van der Waals surface area contributed by atoms with Gasteiger partial charge in [-0.15, -0.1) is 6.58 Å². The Balaban J connectivity index is 2.15. The topological polar surface area (TPSA) is 46.9 Å². The van der Waals surface area contributed by atoms with Crippen molar-refractivity contribution in [2.75, 3.05) is 5.32 Å². The summed E-state index contributed by atoms with van der Waals surface area (Å²) < 4.78 is 1.92. The number of hydrogen-bond donors (Lipinski definition) is 1. The van der Waals surface area contributed by atoms with E-state index in [1.54, 1.807) is 24.3 Å². The van der Waals surface area contributed by atoms with E-state index in [1.807, 2.05) is 34.9 Å². The molecule has 1 aromatic heterocycles. The van der Waals surface area contributed by atoms with Crippen molar-refractivity contribution in [2.24, 2.45) is 0 Å². The number of halogens is 1. The number of benzene rings is 2. The summed E-state index contributed by atoms with van der Waals surface area (Å²) in [7, 11) is 0. The van der Waals surface area contributed by atoms with Gasteiger partial charge in [0.25, 0.3) is 5.56 Å². The summed E-state index contributed by atoms with van der Waals surface area (Å²) in [4.78, 5) is 16.3. The summed E-state index contributed by atoms with van der Waals surface area (Å²) in [5.41, 5.74) is 1.37. The van der Waals surface area contributed by atoms with Crippen molar-refractivity contribution in [3.8, 4) is 0 Å². The highest BCUT2D eigenvalue weighted by Gasteiger charge is 2.09. The van der Waals surface area contributed by atoms with Gasteiger partial charge in [0, 0.05) is 17.3 Å². The summed E-state index contributed by atoms with van der Waals surface area (Å²) in [6.07, 6.45) is 1.77. The lowest BCUT2D eigenvalue weighted by Crippen LogP contribution is -2.17. The van der Waals surface area contributed by atoms with Crippen LogP contribution in [0.5, 0.6) is 0 Å². The first kappa shape index (κ1) is 14.4. The maximum absolute atomic E-state index is 12.2. The van der Waals surface area contributed by atoms with Gasteiger partial charge in [-0.1, -0.05) is 29.8 Å². The first-order valence-corrected chi connectivity index (χ1v) is 7.20. The maximum atomic E-state index is 12.2. The number of para-hydroxylation sites is 1. The molecule has 0 aliphatic rings. The standard InChI is InChI=1S/C17H14ClN3O/c1-2-11-21-15-6-4-3-5-14(15)16(22)20-17(21)19-13-9-7-12(18)8-10-13/h2-10H,1,11H2,(H,19,20,22). The minimum atomic E-state index is -0.257. The highest BCUT2D eigenvalue weighted by molar-refractivity contribution is 6.30. The molecule has 22 heavy (non-hydrogen) atoms. The fourth-order valence-electron chi connectivity index (χ4n) is 2.29. The summed E-state index contributed by atoms with van der Waals surface area (Å²) >= 11 is 5.89. The molecule has 4 nitrogen and oxygen atoms in total. The molecule has 110 valence electrons. The molecule has 0 spiro atoms. The quantitative estimate of drug-likeness (QED) is 0.741. The molecule has 1 heterocycles. The average molecular weight is 312 g/mol. The van der Waals surface area contributed by atoms with Crippen LogP contribution in [0.2, 0.25) is 5.02 Å². The maximum Gasteiger partial charge on any atom is 0.282 e. The third kappa shape index (κ3) is 2.73. The zero-order chi connectivity index (χ0) is 15.5. The number of nitrogens with one attached hydrogen (secondary N) is 1. The first-order chi connectivity index (χ1) is 10.7. The molecular weight excluding hydrogens is 298 g/mol. The predicted molar refractivity (Wildman–Crippen MR) is 90.9 cm³/mol. The Morgan fingerprint density at radius 3 is 2.64 bits per heavy atom. The van der Waals surface area contributed by atoms with Crippen LogP contribution in [-0.4, -0.2) is 9.55 Å². The van der Waals surface area contributed by atoms with Crippen molar-refractivity contribution in [3.63, 3.8) is 0 Å². The van der Waals surface area contributed by atoms with Gasteiger partial charge in [-0.25, -0.2) is 0 Å². The molecule has 0 radical (unpaired) electrons. The molecule has 0 saturated heterocycles. The van der Waals surface area contributed by atoms with Crippen molar-refractivity contribution in [3.05, 3.63) is 76.6 Å². The number of anilines is 2. The van der Waals surface area contributed by atoms with Crippen LogP contribution in [0.3, 0.4) is 0 Å². The van der Waals surface area contributed by atoms with Crippen molar-refractivity contribution in [2.45, 2.75) is 6.54 Å². The number of nitrogens with zero attached hydrogens (tertiary/aromatic N) is 2. The molecule has 0 bridgehead atoms. The molecule has 5 heteroatoms. The van der Waals surface area contributed by atoms with E-state index in [2.05, 4.69) is 16.9 Å². The third-order valence-electron chi connectivity index (χ3n) is 3.30. The summed E-state index contributed by atoms with van der Waals surface area (Å²) in [6.45, 7) is 4.32. The Kier molecular flexibility index (Phi) is 3.94. The zero-order valence-corrected chi connectivity index (χ0v) is 12.5. The Hall–Kier alpha value is -2.59. The van der Waals surface area contributed by atoms with E-state index in [1.165, 1.54) is 0 Å². The summed E-state index contributed by atoms with van der Waals surface area (Å²) in [6, 6.07) is 14.6. The normalized spacial score (nSPS) is 10.6. The Morgan fingerprint density at radius 1 is 1.18 bits per heavy atom.